The number of rotatable bonds is 6. The van der Waals surface area contributed by atoms with Gasteiger partial charge in [0.2, 0.25) is 5.91 Å². The van der Waals surface area contributed by atoms with Gasteiger partial charge in [0.1, 0.15) is 17.5 Å². The molecule has 1 atom stereocenters. The first-order chi connectivity index (χ1) is 9.49. The average Bonchev–Trinajstić information content (AvgIpc) is 2.44. The predicted octanol–water partition coefficient (Wildman–Crippen LogP) is 1.05. The lowest BCUT2D eigenvalue weighted by atomic mass is 10.1. The van der Waals surface area contributed by atoms with E-state index in [9.17, 15) is 14.7 Å². The number of aromatic hydroxyl groups is 1. The summed E-state index contributed by atoms with van der Waals surface area (Å²) in [6, 6.07) is 3.68. The molecule has 0 aliphatic heterocycles. The second-order valence-corrected chi connectivity index (χ2v) is 4.37. The van der Waals surface area contributed by atoms with Crippen LogP contribution in [0.2, 0.25) is 0 Å². The summed E-state index contributed by atoms with van der Waals surface area (Å²) in [6.07, 6.45) is 0.825. The van der Waals surface area contributed by atoms with Crippen molar-refractivity contribution in [3.05, 3.63) is 23.8 Å². The number of nitrogens with one attached hydrogen (secondary N) is 2. The van der Waals surface area contributed by atoms with Crippen LogP contribution in [0.25, 0.3) is 0 Å². The summed E-state index contributed by atoms with van der Waals surface area (Å²) < 4.78 is 4.94. The Morgan fingerprint density at radius 2 is 2.10 bits per heavy atom. The maximum Gasteiger partial charge on any atom is 0.255 e. The molecule has 0 aromatic heterocycles. The summed E-state index contributed by atoms with van der Waals surface area (Å²) in [4.78, 5) is 23.6. The molecule has 0 radical (unpaired) electrons. The third kappa shape index (κ3) is 4.15. The van der Waals surface area contributed by atoms with Crippen LogP contribution in [0.15, 0.2) is 18.2 Å². The van der Waals surface area contributed by atoms with Crippen LogP contribution in [-0.4, -0.2) is 36.6 Å². The number of methoxy groups -OCH3 is 1. The van der Waals surface area contributed by atoms with E-state index in [-0.39, 0.29) is 17.2 Å². The molecular formula is C14H20N2O4. The van der Waals surface area contributed by atoms with Crippen LogP contribution in [-0.2, 0) is 4.79 Å². The van der Waals surface area contributed by atoms with Crippen LogP contribution in [0.3, 0.4) is 0 Å². The summed E-state index contributed by atoms with van der Waals surface area (Å²) >= 11 is 0. The molecule has 0 spiro atoms. The lowest BCUT2D eigenvalue weighted by Crippen LogP contribution is -2.45. The smallest absolute Gasteiger partial charge is 0.255 e. The Morgan fingerprint density at radius 3 is 2.65 bits per heavy atom. The van der Waals surface area contributed by atoms with Gasteiger partial charge in [0.15, 0.2) is 0 Å². The van der Waals surface area contributed by atoms with Crippen LogP contribution in [0.4, 0.5) is 0 Å². The number of hydrogen-bond donors (Lipinski definition) is 3. The van der Waals surface area contributed by atoms with Crippen molar-refractivity contribution < 1.29 is 19.4 Å². The van der Waals surface area contributed by atoms with E-state index in [1.54, 1.807) is 13.0 Å². The highest BCUT2D eigenvalue weighted by Gasteiger charge is 2.18. The number of carbonyl (C=O) groups excluding carboxylic acids is 2. The number of phenols is 1. The van der Waals surface area contributed by atoms with Gasteiger partial charge in [-0.15, -0.1) is 0 Å². The maximum atomic E-state index is 12.0. The zero-order valence-corrected chi connectivity index (χ0v) is 11.9. The van der Waals surface area contributed by atoms with Gasteiger partial charge in [-0.3, -0.25) is 9.59 Å². The average molecular weight is 280 g/mol. The van der Waals surface area contributed by atoms with E-state index in [0.29, 0.717) is 12.3 Å². The molecule has 0 aliphatic carbocycles. The van der Waals surface area contributed by atoms with Crippen molar-refractivity contribution >= 4 is 11.8 Å². The third-order valence-electron chi connectivity index (χ3n) is 2.74. The Bertz CT molecular complexity index is 488. The van der Waals surface area contributed by atoms with Gasteiger partial charge in [0, 0.05) is 12.6 Å². The van der Waals surface area contributed by atoms with Crippen LogP contribution < -0.4 is 15.4 Å². The highest BCUT2D eigenvalue weighted by molar-refractivity contribution is 5.99. The van der Waals surface area contributed by atoms with Crippen molar-refractivity contribution in [3.63, 3.8) is 0 Å². The molecule has 0 fully saturated rings. The molecule has 1 aromatic rings. The molecule has 0 saturated carbocycles. The Labute approximate surface area is 118 Å². The normalized spacial score (nSPS) is 11.6. The molecule has 3 N–H and O–H groups in total. The standard InChI is InChI=1S/C14H20N2O4/c1-4-7-15-13(18)9(2)16-14(19)11-6-5-10(20-3)8-12(11)17/h5-6,8-9,17H,4,7H2,1-3H3,(H,15,18)(H,16,19). The Kier molecular flexibility index (Phi) is 5.83. The van der Waals surface area contributed by atoms with E-state index in [0.717, 1.165) is 6.42 Å². The molecule has 0 heterocycles. The quantitative estimate of drug-likeness (QED) is 0.726. The topological polar surface area (TPSA) is 87.7 Å². The number of amides is 2. The molecule has 1 unspecified atom stereocenters. The number of carbonyl (C=O) groups is 2. The van der Waals surface area contributed by atoms with Gasteiger partial charge >= 0.3 is 0 Å². The second-order valence-electron chi connectivity index (χ2n) is 4.37. The molecule has 1 aromatic carbocycles. The first-order valence-electron chi connectivity index (χ1n) is 6.45. The molecule has 110 valence electrons. The van der Waals surface area contributed by atoms with Crippen molar-refractivity contribution in [1.82, 2.24) is 10.6 Å². The Balaban J connectivity index is 2.69. The van der Waals surface area contributed by atoms with Crippen LogP contribution in [0.5, 0.6) is 11.5 Å². The van der Waals surface area contributed by atoms with Crippen LogP contribution >= 0.6 is 0 Å². The maximum absolute atomic E-state index is 12.0. The number of hydrogen-bond acceptors (Lipinski definition) is 4. The van der Waals surface area contributed by atoms with E-state index >= 15 is 0 Å². The minimum absolute atomic E-state index is 0.0981. The van der Waals surface area contributed by atoms with Crippen molar-refractivity contribution in [2.24, 2.45) is 0 Å². The van der Waals surface area contributed by atoms with Gasteiger partial charge in [-0.2, -0.15) is 0 Å². The summed E-state index contributed by atoms with van der Waals surface area (Å²) in [6.45, 7) is 4.09. The first kappa shape index (κ1) is 15.8. The molecule has 0 saturated heterocycles. The number of phenolic OH excluding ortho intramolecular Hbond substituents is 1. The first-order valence-corrected chi connectivity index (χ1v) is 6.45. The summed E-state index contributed by atoms with van der Waals surface area (Å²) in [5.74, 6) is -0.506. The number of benzene rings is 1. The van der Waals surface area contributed by atoms with E-state index < -0.39 is 11.9 Å². The highest BCUT2D eigenvalue weighted by Crippen LogP contribution is 2.23. The second kappa shape index (κ2) is 7.37. The van der Waals surface area contributed by atoms with Crippen LogP contribution in [0, 0.1) is 0 Å². The fourth-order valence-corrected chi connectivity index (χ4v) is 1.57. The molecule has 6 heteroatoms. The van der Waals surface area contributed by atoms with Crippen molar-refractivity contribution in [2.45, 2.75) is 26.3 Å². The lowest BCUT2D eigenvalue weighted by Gasteiger charge is -2.14. The zero-order valence-electron chi connectivity index (χ0n) is 11.9. The minimum Gasteiger partial charge on any atom is -0.507 e. The van der Waals surface area contributed by atoms with Crippen molar-refractivity contribution in [2.75, 3.05) is 13.7 Å². The van der Waals surface area contributed by atoms with Gasteiger partial charge in [-0.1, -0.05) is 6.92 Å². The van der Waals surface area contributed by atoms with Gasteiger partial charge in [0.05, 0.1) is 12.7 Å². The van der Waals surface area contributed by atoms with Gasteiger partial charge in [0.25, 0.3) is 5.91 Å². The molecule has 0 aliphatic rings. The third-order valence-corrected chi connectivity index (χ3v) is 2.74. The van der Waals surface area contributed by atoms with Crippen molar-refractivity contribution in [3.8, 4) is 11.5 Å². The van der Waals surface area contributed by atoms with Gasteiger partial charge in [-0.25, -0.2) is 0 Å². The SMILES string of the molecule is CCCNC(=O)C(C)NC(=O)c1ccc(OC)cc1O. The highest BCUT2D eigenvalue weighted by atomic mass is 16.5. The van der Waals surface area contributed by atoms with Crippen molar-refractivity contribution in [1.29, 1.82) is 0 Å². The number of ether oxygens (including phenoxy) is 1. The van der Waals surface area contributed by atoms with E-state index in [1.807, 2.05) is 6.92 Å². The molecular weight excluding hydrogens is 260 g/mol. The summed E-state index contributed by atoms with van der Waals surface area (Å²) in [5.41, 5.74) is 0.0981. The summed E-state index contributed by atoms with van der Waals surface area (Å²) in [7, 11) is 1.47. The fraction of sp³-hybridized carbons (Fsp3) is 0.429. The van der Waals surface area contributed by atoms with E-state index in [2.05, 4.69) is 10.6 Å². The Hall–Kier alpha value is -2.24. The molecule has 1 rings (SSSR count). The zero-order chi connectivity index (χ0) is 15.1. The van der Waals surface area contributed by atoms with Crippen LogP contribution in [0.1, 0.15) is 30.6 Å². The molecule has 0 bridgehead atoms. The van der Waals surface area contributed by atoms with Gasteiger partial charge < -0.3 is 20.5 Å². The largest absolute Gasteiger partial charge is 0.507 e. The lowest BCUT2D eigenvalue weighted by molar-refractivity contribution is -0.122. The van der Waals surface area contributed by atoms with E-state index in [4.69, 9.17) is 4.74 Å². The van der Waals surface area contributed by atoms with Gasteiger partial charge in [-0.05, 0) is 25.5 Å². The minimum atomic E-state index is -0.671. The van der Waals surface area contributed by atoms with E-state index in [1.165, 1.54) is 19.2 Å². The Morgan fingerprint density at radius 1 is 1.40 bits per heavy atom. The molecule has 20 heavy (non-hydrogen) atoms. The molecule has 2 amide bonds. The summed E-state index contributed by atoms with van der Waals surface area (Å²) in [5, 5.41) is 15.0. The predicted molar refractivity (Wildman–Crippen MR) is 74.9 cm³/mol. The molecule has 6 nitrogen and oxygen atoms in total. The fourth-order valence-electron chi connectivity index (χ4n) is 1.57. The monoisotopic (exact) mass is 280 g/mol.